The van der Waals surface area contributed by atoms with Crippen molar-refractivity contribution < 1.29 is 9.59 Å². The van der Waals surface area contributed by atoms with Crippen molar-refractivity contribution in [2.75, 3.05) is 5.75 Å². The first-order valence-electron chi connectivity index (χ1n) is 6.42. The molecule has 1 aliphatic rings. The Balaban J connectivity index is 1.65. The third-order valence-corrected chi connectivity index (χ3v) is 4.19. The van der Waals surface area contributed by atoms with Crippen molar-refractivity contribution >= 4 is 23.8 Å². The van der Waals surface area contributed by atoms with E-state index < -0.39 is 0 Å². The third kappa shape index (κ3) is 2.34. The number of carbonyl (C=O) groups excluding carboxylic acids is 2. The molecule has 20 heavy (non-hydrogen) atoms. The van der Waals surface area contributed by atoms with Crippen molar-refractivity contribution in [1.82, 2.24) is 4.31 Å². The topological polar surface area (TPSA) is 37.4 Å². The van der Waals surface area contributed by atoms with Crippen LogP contribution in [0.5, 0.6) is 0 Å². The molecule has 0 unspecified atom stereocenters. The highest BCUT2D eigenvalue weighted by molar-refractivity contribution is 7.98. The van der Waals surface area contributed by atoms with Gasteiger partial charge in [-0.05, 0) is 36.1 Å². The molecule has 100 valence electrons. The highest BCUT2D eigenvalue weighted by atomic mass is 32.2. The van der Waals surface area contributed by atoms with Gasteiger partial charge in [0.25, 0.3) is 11.8 Å². The highest BCUT2D eigenvalue weighted by Gasteiger charge is 2.35. The van der Waals surface area contributed by atoms with E-state index >= 15 is 0 Å². The molecule has 0 fully saturated rings. The van der Waals surface area contributed by atoms with Gasteiger partial charge in [-0.3, -0.25) is 9.59 Å². The van der Waals surface area contributed by atoms with Gasteiger partial charge in [0.05, 0.1) is 11.1 Å². The number of hydrogen-bond acceptors (Lipinski definition) is 3. The highest BCUT2D eigenvalue weighted by Crippen LogP contribution is 2.28. The van der Waals surface area contributed by atoms with Crippen LogP contribution in [0.25, 0.3) is 0 Å². The zero-order valence-electron chi connectivity index (χ0n) is 10.8. The molecule has 2 aromatic carbocycles. The third-order valence-electron chi connectivity index (χ3n) is 3.21. The lowest BCUT2D eigenvalue weighted by Gasteiger charge is -2.11. The van der Waals surface area contributed by atoms with Crippen molar-refractivity contribution in [3.05, 3.63) is 71.3 Å². The lowest BCUT2D eigenvalue weighted by Crippen LogP contribution is -2.22. The Morgan fingerprint density at radius 3 is 1.95 bits per heavy atom. The van der Waals surface area contributed by atoms with Gasteiger partial charge >= 0.3 is 0 Å². The molecular formula is C16H13NO2S. The maximum atomic E-state index is 12.1. The Kier molecular flexibility index (Phi) is 3.56. The van der Waals surface area contributed by atoms with Gasteiger partial charge in [0.15, 0.2) is 0 Å². The van der Waals surface area contributed by atoms with Crippen molar-refractivity contribution in [2.24, 2.45) is 0 Å². The first-order chi connectivity index (χ1) is 9.77. The standard InChI is InChI=1S/C16H13NO2S/c18-15-13-8-4-5-9-14(13)16(19)17(15)20-11-10-12-6-2-1-3-7-12/h1-9H,10-11H2. The van der Waals surface area contributed by atoms with Crippen LogP contribution in [-0.2, 0) is 6.42 Å². The lowest BCUT2D eigenvalue weighted by atomic mass is 10.1. The zero-order chi connectivity index (χ0) is 13.9. The minimum atomic E-state index is -0.205. The van der Waals surface area contributed by atoms with Crippen LogP contribution in [0.4, 0.5) is 0 Å². The molecular weight excluding hydrogens is 270 g/mol. The van der Waals surface area contributed by atoms with Crippen LogP contribution in [0.15, 0.2) is 54.6 Å². The average molecular weight is 283 g/mol. The quantitative estimate of drug-likeness (QED) is 0.639. The Morgan fingerprint density at radius 2 is 1.35 bits per heavy atom. The average Bonchev–Trinajstić information content (AvgIpc) is 2.74. The van der Waals surface area contributed by atoms with E-state index in [0.717, 1.165) is 6.42 Å². The Bertz CT molecular complexity index is 620. The van der Waals surface area contributed by atoms with Gasteiger partial charge in [-0.25, -0.2) is 4.31 Å². The SMILES string of the molecule is O=C1c2ccccc2C(=O)N1SCCc1ccccc1. The first-order valence-corrected chi connectivity index (χ1v) is 7.36. The summed E-state index contributed by atoms with van der Waals surface area (Å²) in [7, 11) is 0. The number of hydrogen-bond donors (Lipinski definition) is 0. The summed E-state index contributed by atoms with van der Waals surface area (Å²) in [6, 6.07) is 17.0. The van der Waals surface area contributed by atoms with E-state index in [2.05, 4.69) is 0 Å². The summed E-state index contributed by atoms with van der Waals surface area (Å²) in [5.41, 5.74) is 2.21. The van der Waals surface area contributed by atoms with Crippen LogP contribution in [0.1, 0.15) is 26.3 Å². The summed E-state index contributed by atoms with van der Waals surface area (Å²) >= 11 is 1.29. The molecule has 3 rings (SSSR count). The van der Waals surface area contributed by atoms with Gasteiger partial charge in [0.2, 0.25) is 0 Å². The molecule has 0 saturated heterocycles. The second-order valence-electron chi connectivity index (χ2n) is 4.52. The first kappa shape index (κ1) is 12.9. The predicted molar refractivity (Wildman–Crippen MR) is 79.5 cm³/mol. The number of nitrogens with zero attached hydrogens (tertiary/aromatic N) is 1. The fourth-order valence-electron chi connectivity index (χ4n) is 2.18. The van der Waals surface area contributed by atoms with E-state index in [0.29, 0.717) is 16.9 Å². The number of fused-ring (bicyclic) bond motifs is 1. The molecule has 0 aliphatic carbocycles. The fourth-order valence-corrected chi connectivity index (χ4v) is 3.12. The van der Waals surface area contributed by atoms with Crippen LogP contribution >= 0.6 is 11.9 Å². The Morgan fingerprint density at radius 1 is 0.800 bits per heavy atom. The molecule has 0 N–H and O–H groups in total. The molecule has 1 heterocycles. The largest absolute Gasteiger partial charge is 0.271 e. The van der Waals surface area contributed by atoms with Crippen molar-refractivity contribution in [3.8, 4) is 0 Å². The second kappa shape index (κ2) is 5.51. The van der Waals surface area contributed by atoms with E-state index in [1.54, 1.807) is 24.3 Å². The summed E-state index contributed by atoms with van der Waals surface area (Å²) < 4.78 is 1.27. The fraction of sp³-hybridized carbons (Fsp3) is 0.125. The molecule has 0 radical (unpaired) electrons. The maximum Gasteiger partial charge on any atom is 0.271 e. The molecule has 1 aliphatic heterocycles. The van der Waals surface area contributed by atoms with Crippen LogP contribution in [0.3, 0.4) is 0 Å². The van der Waals surface area contributed by atoms with Crippen molar-refractivity contribution in [2.45, 2.75) is 6.42 Å². The number of aryl methyl sites for hydroxylation is 1. The molecule has 0 atom stereocenters. The number of rotatable bonds is 4. The monoisotopic (exact) mass is 283 g/mol. The Hall–Kier alpha value is -2.07. The number of carbonyl (C=O) groups is 2. The van der Waals surface area contributed by atoms with Gasteiger partial charge in [-0.2, -0.15) is 0 Å². The maximum absolute atomic E-state index is 12.1. The summed E-state index contributed by atoms with van der Waals surface area (Å²) in [5, 5.41) is 0. The van der Waals surface area contributed by atoms with E-state index in [-0.39, 0.29) is 11.8 Å². The molecule has 0 saturated carbocycles. The molecule has 2 amide bonds. The number of benzene rings is 2. The second-order valence-corrected chi connectivity index (χ2v) is 5.55. The minimum Gasteiger partial charge on any atom is -0.268 e. The number of imide groups is 1. The van der Waals surface area contributed by atoms with Crippen molar-refractivity contribution in [3.63, 3.8) is 0 Å². The predicted octanol–water partition coefficient (Wildman–Crippen LogP) is 3.17. The van der Waals surface area contributed by atoms with Gasteiger partial charge in [0.1, 0.15) is 0 Å². The molecule has 3 nitrogen and oxygen atoms in total. The zero-order valence-corrected chi connectivity index (χ0v) is 11.6. The van der Waals surface area contributed by atoms with Crippen LogP contribution in [-0.4, -0.2) is 21.9 Å². The van der Waals surface area contributed by atoms with Gasteiger partial charge in [-0.15, -0.1) is 0 Å². The summed E-state index contributed by atoms with van der Waals surface area (Å²) in [6.45, 7) is 0. The van der Waals surface area contributed by atoms with Gasteiger partial charge in [0, 0.05) is 5.75 Å². The lowest BCUT2D eigenvalue weighted by molar-refractivity contribution is 0.0777. The van der Waals surface area contributed by atoms with Gasteiger partial charge < -0.3 is 0 Å². The molecule has 0 bridgehead atoms. The summed E-state index contributed by atoms with van der Waals surface area (Å²) in [6.07, 6.45) is 0.832. The van der Waals surface area contributed by atoms with E-state index in [4.69, 9.17) is 0 Å². The molecule has 0 aromatic heterocycles. The van der Waals surface area contributed by atoms with Crippen molar-refractivity contribution in [1.29, 1.82) is 0 Å². The smallest absolute Gasteiger partial charge is 0.268 e. The summed E-state index contributed by atoms with van der Waals surface area (Å²) in [5.74, 6) is 0.294. The minimum absolute atomic E-state index is 0.205. The van der Waals surface area contributed by atoms with Crippen LogP contribution < -0.4 is 0 Å². The molecule has 4 heteroatoms. The van der Waals surface area contributed by atoms with Gasteiger partial charge in [-0.1, -0.05) is 42.5 Å². The normalized spacial score (nSPS) is 13.7. The molecule has 2 aromatic rings. The van der Waals surface area contributed by atoms with E-state index in [9.17, 15) is 9.59 Å². The van der Waals surface area contributed by atoms with Crippen LogP contribution in [0, 0.1) is 0 Å². The number of amides is 2. The van der Waals surface area contributed by atoms with Crippen LogP contribution in [0.2, 0.25) is 0 Å². The summed E-state index contributed by atoms with van der Waals surface area (Å²) in [4.78, 5) is 24.3. The Labute approximate surface area is 121 Å². The van der Waals surface area contributed by atoms with E-state index in [1.165, 1.54) is 21.8 Å². The van der Waals surface area contributed by atoms with E-state index in [1.807, 2.05) is 30.3 Å². The molecule has 0 spiro atoms.